The van der Waals surface area contributed by atoms with Gasteiger partial charge >= 0.3 is 0 Å². The number of hydrogen-bond acceptors (Lipinski definition) is 2. The second-order valence-corrected chi connectivity index (χ2v) is 8.84. The molecule has 0 nitrogen and oxygen atoms in total. The summed E-state index contributed by atoms with van der Waals surface area (Å²) in [6, 6.07) is 17.5. The first-order chi connectivity index (χ1) is 12.8. The van der Waals surface area contributed by atoms with Crippen molar-refractivity contribution in [2.75, 3.05) is 0 Å². The number of rotatable bonds is 13. The maximum absolute atomic E-state index is 4.34. The van der Waals surface area contributed by atoms with Crippen molar-refractivity contribution in [3.63, 3.8) is 0 Å². The molecular formula is C24H34S2. The van der Waals surface area contributed by atoms with Crippen molar-refractivity contribution in [2.24, 2.45) is 0 Å². The number of hydrogen-bond donors (Lipinski definition) is 1. The molecule has 0 unspecified atom stereocenters. The largest absolute Gasteiger partial charge is 0.143 e. The lowest BCUT2D eigenvalue weighted by Gasteiger charge is -2.05. The zero-order chi connectivity index (χ0) is 18.5. The lowest BCUT2D eigenvalue weighted by molar-refractivity contribution is 0.556. The van der Waals surface area contributed by atoms with E-state index >= 15 is 0 Å². The van der Waals surface area contributed by atoms with Crippen molar-refractivity contribution >= 4 is 24.4 Å². The lowest BCUT2D eigenvalue weighted by atomic mass is 10.0. The van der Waals surface area contributed by atoms with Gasteiger partial charge in [-0.2, -0.15) is 0 Å². The Bertz CT molecular complexity index is 587. The van der Waals surface area contributed by atoms with Gasteiger partial charge in [0.05, 0.1) is 0 Å². The smallest absolute Gasteiger partial charge is 0.0123 e. The molecule has 0 bridgehead atoms. The van der Waals surface area contributed by atoms with Gasteiger partial charge in [0.1, 0.15) is 0 Å². The average molecular weight is 387 g/mol. The Hall–Kier alpha value is -0.860. The van der Waals surface area contributed by atoms with Gasteiger partial charge in [0.25, 0.3) is 0 Å². The molecule has 0 aliphatic heterocycles. The third kappa shape index (κ3) is 9.19. The second kappa shape index (κ2) is 13.3. The fraction of sp³-hybridized carbons (Fsp3) is 0.500. The van der Waals surface area contributed by atoms with Crippen LogP contribution < -0.4 is 0 Å². The van der Waals surface area contributed by atoms with E-state index in [1.54, 1.807) is 0 Å². The SMILES string of the molecule is CCCCCCCCCCCCc1ccc(Sc2ccc(S)cc2)cc1. The van der Waals surface area contributed by atoms with E-state index in [1.165, 1.54) is 86.0 Å². The van der Waals surface area contributed by atoms with Crippen LogP contribution in [0.4, 0.5) is 0 Å². The fourth-order valence-corrected chi connectivity index (χ4v) is 4.16. The Labute approximate surface area is 170 Å². The highest BCUT2D eigenvalue weighted by atomic mass is 32.2. The van der Waals surface area contributed by atoms with Crippen LogP contribution in [-0.2, 0) is 6.42 Å². The molecule has 0 aliphatic carbocycles. The molecule has 2 aromatic rings. The minimum absolute atomic E-state index is 1.01. The molecule has 0 spiro atoms. The quantitative estimate of drug-likeness (QED) is 0.265. The molecule has 0 radical (unpaired) electrons. The van der Waals surface area contributed by atoms with Crippen LogP contribution in [-0.4, -0.2) is 0 Å². The van der Waals surface area contributed by atoms with Gasteiger partial charge in [-0.15, -0.1) is 12.6 Å². The van der Waals surface area contributed by atoms with Crippen LogP contribution in [0.2, 0.25) is 0 Å². The van der Waals surface area contributed by atoms with Crippen molar-refractivity contribution in [1.82, 2.24) is 0 Å². The van der Waals surface area contributed by atoms with Gasteiger partial charge in [0.15, 0.2) is 0 Å². The summed E-state index contributed by atoms with van der Waals surface area (Å²) in [7, 11) is 0. The summed E-state index contributed by atoms with van der Waals surface area (Å²) in [4.78, 5) is 3.59. The minimum Gasteiger partial charge on any atom is -0.143 e. The third-order valence-corrected chi connectivity index (χ3v) is 6.13. The third-order valence-electron chi connectivity index (χ3n) is 4.81. The van der Waals surface area contributed by atoms with E-state index in [0.717, 1.165) is 4.90 Å². The van der Waals surface area contributed by atoms with Crippen molar-refractivity contribution < 1.29 is 0 Å². The predicted octanol–water partition coefficient (Wildman–Crippen LogP) is 8.59. The maximum atomic E-state index is 4.34. The molecule has 0 fully saturated rings. The van der Waals surface area contributed by atoms with E-state index in [0.29, 0.717) is 0 Å². The highest BCUT2D eigenvalue weighted by Crippen LogP contribution is 2.28. The summed E-state index contributed by atoms with van der Waals surface area (Å²) in [6.07, 6.45) is 15.3. The molecule has 0 saturated carbocycles. The molecule has 0 aromatic heterocycles. The summed E-state index contributed by atoms with van der Waals surface area (Å²) in [6.45, 7) is 2.29. The summed E-state index contributed by atoms with van der Waals surface area (Å²) < 4.78 is 0. The Morgan fingerprint density at radius 3 is 1.62 bits per heavy atom. The van der Waals surface area contributed by atoms with Crippen LogP contribution in [0.25, 0.3) is 0 Å². The number of thiol groups is 1. The Morgan fingerprint density at radius 2 is 1.08 bits per heavy atom. The van der Waals surface area contributed by atoms with Crippen LogP contribution in [0, 0.1) is 0 Å². The summed E-state index contributed by atoms with van der Waals surface area (Å²) in [5.74, 6) is 0. The first kappa shape index (κ1) is 21.4. The van der Waals surface area contributed by atoms with Gasteiger partial charge in [-0.1, -0.05) is 88.6 Å². The highest BCUT2D eigenvalue weighted by Gasteiger charge is 1.99. The first-order valence-corrected chi connectivity index (χ1v) is 11.6. The number of unbranched alkanes of at least 4 members (excludes halogenated alkanes) is 9. The van der Waals surface area contributed by atoms with E-state index in [1.807, 2.05) is 23.9 Å². The first-order valence-electron chi connectivity index (χ1n) is 10.3. The summed E-state index contributed by atoms with van der Waals surface area (Å²) in [5.41, 5.74) is 1.47. The normalized spacial score (nSPS) is 11.0. The van der Waals surface area contributed by atoms with Gasteiger partial charge < -0.3 is 0 Å². The fourth-order valence-electron chi connectivity index (χ4n) is 3.19. The van der Waals surface area contributed by atoms with Gasteiger partial charge in [0.2, 0.25) is 0 Å². The Kier molecular flexibility index (Phi) is 11.0. The monoisotopic (exact) mass is 386 g/mol. The standard InChI is InChI=1S/C24H34S2/c1-2-3-4-5-6-7-8-9-10-11-12-21-13-17-23(18-14-21)26-24-19-15-22(25)16-20-24/h13-20,25H,2-12H2,1H3. The van der Waals surface area contributed by atoms with Gasteiger partial charge in [-0.05, 0) is 54.8 Å². The Morgan fingerprint density at radius 1 is 0.615 bits per heavy atom. The van der Waals surface area contributed by atoms with E-state index in [-0.39, 0.29) is 0 Å². The molecule has 2 heteroatoms. The van der Waals surface area contributed by atoms with Crippen molar-refractivity contribution in [2.45, 2.75) is 92.2 Å². The van der Waals surface area contributed by atoms with Gasteiger partial charge in [0, 0.05) is 14.7 Å². The molecule has 0 amide bonds. The minimum atomic E-state index is 1.01. The molecule has 0 aliphatic rings. The van der Waals surface area contributed by atoms with E-state index in [4.69, 9.17) is 0 Å². The van der Waals surface area contributed by atoms with Gasteiger partial charge in [-0.3, -0.25) is 0 Å². The number of aryl methyl sites for hydroxylation is 1. The van der Waals surface area contributed by atoms with Crippen LogP contribution in [0.3, 0.4) is 0 Å². The van der Waals surface area contributed by atoms with Crippen molar-refractivity contribution in [3.8, 4) is 0 Å². The van der Waals surface area contributed by atoms with Crippen molar-refractivity contribution in [1.29, 1.82) is 0 Å². The Balaban J connectivity index is 1.55. The molecule has 0 heterocycles. The van der Waals surface area contributed by atoms with Crippen LogP contribution in [0.5, 0.6) is 0 Å². The molecule has 0 saturated heterocycles. The van der Waals surface area contributed by atoms with E-state index in [9.17, 15) is 0 Å². The maximum Gasteiger partial charge on any atom is 0.0123 e. The molecule has 0 atom stereocenters. The van der Waals surface area contributed by atoms with Crippen LogP contribution in [0.15, 0.2) is 63.2 Å². The van der Waals surface area contributed by atoms with Crippen LogP contribution in [0.1, 0.15) is 76.7 Å². The van der Waals surface area contributed by atoms with Crippen LogP contribution >= 0.6 is 24.4 Å². The molecule has 26 heavy (non-hydrogen) atoms. The summed E-state index contributed by atoms with van der Waals surface area (Å²) in [5, 5.41) is 0. The van der Waals surface area contributed by atoms with Crippen molar-refractivity contribution in [3.05, 3.63) is 54.1 Å². The summed E-state index contributed by atoms with van der Waals surface area (Å²) >= 11 is 6.15. The predicted molar refractivity (Wildman–Crippen MR) is 120 cm³/mol. The zero-order valence-corrected chi connectivity index (χ0v) is 18.0. The molecule has 2 aromatic carbocycles. The van der Waals surface area contributed by atoms with E-state index < -0.39 is 0 Å². The molecule has 2 rings (SSSR count). The molecular weight excluding hydrogens is 352 g/mol. The highest BCUT2D eigenvalue weighted by molar-refractivity contribution is 7.99. The number of benzene rings is 2. The zero-order valence-electron chi connectivity index (χ0n) is 16.3. The topological polar surface area (TPSA) is 0 Å². The molecule has 0 N–H and O–H groups in total. The van der Waals surface area contributed by atoms with E-state index in [2.05, 4.69) is 56.0 Å². The lowest BCUT2D eigenvalue weighted by Crippen LogP contribution is -1.87. The van der Waals surface area contributed by atoms with Gasteiger partial charge in [-0.25, -0.2) is 0 Å². The average Bonchev–Trinajstić information content (AvgIpc) is 2.66. The molecule has 142 valence electrons. The second-order valence-electron chi connectivity index (χ2n) is 7.17.